The molecule has 29 heavy (non-hydrogen) atoms. The van der Waals surface area contributed by atoms with E-state index in [2.05, 4.69) is 55.6 Å². The van der Waals surface area contributed by atoms with E-state index in [1.807, 2.05) is 31.3 Å². The quantitative estimate of drug-likeness (QED) is 0.371. The summed E-state index contributed by atoms with van der Waals surface area (Å²) in [6.45, 7) is 5.68. The summed E-state index contributed by atoms with van der Waals surface area (Å²) in [6, 6.07) is 23.5. The van der Waals surface area contributed by atoms with E-state index in [9.17, 15) is 4.39 Å². The molecule has 0 spiro atoms. The van der Waals surface area contributed by atoms with Gasteiger partial charge < -0.3 is 10.1 Å². The Balaban J connectivity index is 2.07. The second kappa shape index (κ2) is 10.0. The first-order valence-corrected chi connectivity index (χ1v) is 10.1. The number of halogens is 1. The van der Waals surface area contributed by atoms with Crippen LogP contribution in [0.3, 0.4) is 0 Å². The monoisotopic (exact) mass is 389 g/mol. The molecule has 0 atom stereocenters. The highest BCUT2D eigenvalue weighted by Gasteiger charge is 2.13. The molecule has 1 N–H and O–H groups in total. The Hall–Kier alpha value is -2.91. The van der Waals surface area contributed by atoms with Crippen molar-refractivity contribution in [3.05, 3.63) is 101 Å². The van der Waals surface area contributed by atoms with E-state index < -0.39 is 0 Å². The van der Waals surface area contributed by atoms with E-state index in [1.54, 1.807) is 0 Å². The minimum atomic E-state index is -0.227. The fourth-order valence-corrected chi connectivity index (χ4v) is 3.40. The molecule has 3 rings (SSSR count). The van der Waals surface area contributed by atoms with Gasteiger partial charge in [0.25, 0.3) is 0 Å². The average molecular weight is 390 g/mol. The van der Waals surface area contributed by atoms with E-state index in [0.717, 1.165) is 35.4 Å². The Bertz CT molecular complexity index is 942. The van der Waals surface area contributed by atoms with Crippen LogP contribution in [-0.4, -0.2) is 20.2 Å². The fraction of sp³-hybridized carbons (Fsp3) is 0.231. The molecule has 0 saturated carbocycles. The van der Waals surface area contributed by atoms with Crippen LogP contribution in [0.15, 0.2) is 72.8 Å². The molecule has 0 unspecified atom stereocenters. The van der Waals surface area contributed by atoms with Crippen molar-refractivity contribution in [1.82, 2.24) is 5.32 Å². The highest BCUT2D eigenvalue weighted by molar-refractivity contribution is 5.98. The predicted molar refractivity (Wildman–Crippen MR) is 120 cm³/mol. The van der Waals surface area contributed by atoms with Crippen molar-refractivity contribution < 1.29 is 9.13 Å². The van der Waals surface area contributed by atoms with Gasteiger partial charge in [0.2, 0.25) is 0 Å². The summed E-state index contributed by atoms with van der Waals surface area (Å²) >= 11 is 0. The number of ether oxygens (including phenoxy) is 1. The van der Waals surface area contributed by atoms with Crippen LogP contribution in [0.4, 0.5) is 4.39 Å². The summed E-state index contributed by atoms with van der Waals surface area (Å²) < 4.78 is 19.3. The van der Waals surface area contributed by atoms with Gasteiger partial charge in [-0.25, -0.2) is 4.39 Å². The van der Waals surface area contributed by atoms with E-state index in [0.29, 0.717) is 6.61 Å². The molecule has 3 heteroatoms. The third-order valence-corrected chi connectivity index (χ3v) is 4.95. The summed E-state index contributed by atoms with van der Waals surface area (Å²) in [6.07, 6.45) is 0.871. The molecule has 0 fully saturated rings. The zero-order valence-corrected chi connectivity index (χ0v) is 17.3. The van der Waals surface area contributed by atoms with Crippen molar-refractivity contribution in [2.24, 2.45) is 0 Å². The van der Waals surface area contributed by atoms with Gasteiger partial charge in [0.15, 0.2) is 0 Å². The normalized spacial score (nSPS) is 11.9. The Morgan fingerprint density at radius 1 is 0.828 bits per heavy atom. The Labute approximate surface area is 173 Å². The van der Waals surface area contributed by atoms with E-state index in [4.69, 9.17) is 4.74 Å². The van der Waals surface area contributed by atoms with Crippen LogP contribution in [0.2, 0.25) is 0 Å². The number of benzene rings is 3. The first-order chi connectivity index (χ1) is 14.1. The summed E-state index contributed by atoms with van der Waals surface area (Å²) in [5.74, 6) is 0.616. The van der Waals surface area contributed by atoms with Crippen molar-refractivity contribution in [3.63, 3.8) is 0 Å². The largest absolute Gasteiger partial charge is 0.492 e. The van der Waals surface area contributed by atoms with Crippen LogP contribution in [0.5, 0.6) is 5.75 Å². The summed E-state index contributed by atoms with van der Waals surface area (Å²) in [5.41, 5.74) is 6.88. The van der Waals surface area contributed by atoms with Gasteiger partial charge in [-0.3, -0.25) is 0 Å². The zero-order chi connectivity index (χ0) is 20.6. The zero-order valence-electron chi connectivity index (χ0n) is 17.3. The lowest BCUT2D eigenvalue weighted by atomic mass is 9.88. The Morgan fingerprint density at radius 3 is 1.93 bits per heavy atom. The van der Waals surface area contributed by atoms with Crippen LogP contribution in [0.1, 0.15) is 35.6 Å². The molecule has 150 valence electrons. The molecule has 0 aliphatic heterocycles. The predicted octanol–water partition coefficient (Wildman–Crippen LogP) is 6.10. The van der Waals surface area contributed by atoms with Crippen molar-refractivity contribution in [1.29, 1.82) is 0 Å². The lowest BCUT2D eigenvalue weighted by Crippen LogP contribution is -2.15. The molecule has 3 aromatic rings. The first kappa shape index (κ1) is 20.8. The van der Waals surface area contributed by atoms with Crippen molar-refractivity contribution >= 4 is 11.1 Å². The molecule has 0 bridgehead atoms. The van der Waals surface area contributed by atoms with Gasteiger partial charge in [0.1, 0.15) is 18.2 Å². The summed E-state index contributed by atoms with van der Waals surface area (Å²) in [4.78, 5) is 0. The molecule has 0 heterocycles. The number of nitrogens with one attached hydrogen (secondary N) is 1. The number of hydrogen-bond acceptors (Lipinski definition) is 2. The van der Waals surface area contributed by atoms with Gasteiger partial charge in [0.05, 0.1) is 0 Å². The fourth-order valence-electron chi connectivity index (χ4n) is 3.40. The molecule has 2 nitrogen and oxygen atoms in total. The molecule has 0 aliphatic rings. The maximum Gasteiger partial charge on any atom is 0.123 e. The number of rotatable bonds is 8. The van der Waals surface area contributed by atoms with Crippen LogP contribution in [0, 0.1) is 12.7 Å². The van der Waals surface area contributed by atoms with Crippen LogP contribution >= 0.6 is 0 Å². The van der Waals surface area contributed by atoms with Crippen molar-refractivity contribution in [3.8, 4) is 5.75 Å². The summed E-state index contributed by atoms with van der Waals surface area (Å²) in [7, 11) is 1.91. The maximum atomic E-state index is 13.6. The van der Waals surface area contributed by atoms with E-state index >= 15 is 0 Å². The third-order valence-electron chi connectivity index (χ3n) is 4.95. The average Bonchev–Trinajstić information content (AvgIpc) is 2.75. The van der Waals surface area contributed by atoms with Gasteiger partial charge >= 0.3 is 0 Å². The molecule has 0 amide bonds. The first-order valence-electron chi connectivity index (χ1n) is 10.1. The number of hydrogen-bond donors (Lipinski definition) is 1. The minimum Gasteiger partial charge on any atom is -0.492 e. The van der Waals surface area contributed by atoms with Gasteiger partial charge in [-0.15, -0.1) is 0 Å². The molecule has 0 aromatic heterocycles. The lowest BCUT2D eigenvalue weighted by Gasteiger charge is -2.17. The Kier molecular flexibility index (Phi) is 7.20. The molecule has 0 aliphatic carbocycles. The second-order valence-corrected chi connectivity index (χ2v) is 7.06. The smallest absolute Gasteiger partial charge is 0.123 e. The SMILES string of the molecule is CC/C(=C(\c1ccc(F)cc1)c1ccc(OCCNC)cc1)c1ccc(C)cc1. The minimum absolute atomic E-state index is 0.227. The van der Waals surface area contributed by atoms with Crippen LogP contribution in [0.25, 0.3) is 11.1 Å². The topological polar surface area (TPSA) is 21.3 Å². The lowest BCUT2D eigenvalue weighted by molar-refractivity contribution is 0.318. The molecular weight excluding hydrogens is 361 g/mol. The van der Waals surface area contributed by atoms with Gasteiger partial charge in [-0.1, -0.05) is 61.0 Å². The van der Waals surface area contributed by atoms with Crippen LogP contribution < -0.4 is 10.1 Å². The second-order valence-electron chi connectivity index (χ2n) is 7.06. The summed E-state index contributed by atoms with van der Waals surface area (Å²) in [5, 5.41) is 3.08. The highest BCUT2D eigenvalue weighted by atomic mass is 19.1. The van der Waals surface area contributed by atoms with Gasteiger partial charge in [0, 0.05) is 6.54 Å². The Morgan fingerprint density at radius 2 is 1.38 bits per heavy atom. The standard InChI is InChI=1S/C26H28FNO/c1-4-25(20-7-5-19(2)6-8-20)26(21-9-13-23(27)14-10-21)22-11-15-24(16-12-22)29-18-17-28-3/h5-16,28H,4,17-18H2,1-3H3/b26-25-. The third kappa shape index (κ3) is 5.33. The van der Waals surface area contributed by atoms with E-state index in [1.165, 1.54) is 28.8 Å². The number of aryl methyl sites for hydroxylation is 1. The number of likely N-dealkylation sites (N-methyl/N-ethyl adjacent to an activating group) is 1. The molecule has 0 radical (unpaired) electrons. The van der Waals surface area contributed by atoms with Crippen LogP contribution in [-0.2, 0) is 0 Å². The van der Waals surface area contributed by atoms with Crippen molar-refractivity contribution in [2.45, 2.75) is 20.3 Å². The molecular formula is C26H28FNO. The van der Waals surface area contributed by atoms with Gasteiger partial charge in [-0.05, 0) is 72.5 Å². The molecule has 0 saturated heterocycles. The number of allylic oxidation sites excluding steroid dienone is 1. The molecule has 3 aromatic carbocycles. The maximum absolute atomic E-state index is 13.6. The van der Waals surface area contributed by atoms with E-state index in [-0.39, 0.29) is 5.82 Å². The van der Waals surface area contributed by atoms with Crippen molar-refractivity contribution in [2.75, 3.05) is 20.2 Å². The highest BCUT2D eigenvalue weighted by Crippen LogP contribution is 2.35. The van der Waals surface area contributed by atoms with Gasteiger partial charge in [-0.2, -0.15) is 0 Å².